The molecule has 1 amide bonds. The van der Waals surface area contributed by atoms with Crippen molar-refractivity contribution in [2.24, 2.45) is 10.1 Å². The highest BCUT2D eigenvalue weighted by Crippen LogP contribution is 2.43. The van der Waals surface area contributed by atoms with Crippen LogP contribution >= 0.6 is 0 Å². The van der Waals surface area contributed by atoms with E-state index in [-0.39, 0.29) is 32.0 Å². The fraction of sp³-hybridized carbons (Fsp3) is 0.257. The smallest absolute Gasteiger partial charge is 0.416 e. The molecule has 1 heterocycles. The average Bonchev–Trinajstić information content (AvgIpc) is 3.48. The van der Waals surface area contributed by atoms with Gasteiger partial charge in [-0.15, -0.1) is 0 Å². The largest absolute Gasteiger partial charge is 0.494 e. The normalized spacial score (nSPS) is 17.2. The number of aliphatic hydroxyl groups excluding tert-OH is 1. The van der Waals surface area contributed by atoms with Crippen LogP contribution in [0.25, 0.3) is 10.4 Å². The summed E-state index contributed by atoms with van der Waals surface area (Å²) < 4.78 is 51.4. The van der Waals surface area contributed by atoms with E-state index in [1.807, 2.05) is 30.3 Å². The summed E-state index contributed by atoms with van der Waals surface area (Å²) in [6.45, 7) is 0.405. The third kappa shape index (κ3) is 8.13. The Morgan fingerprint density at radius 1 is 0.979 bits per heavy atom. The van der Waals surface area contributed by atoms with Crippen LogP contribution in [-0.4, -0.2) is 35.7 Å². The van der Waals surface area contributed by atoms with Crippen molar-refractivity contribution in [1.82, 2.24) is 10.9 Å². The van der Waals surface area contributed by atoms with E-state index in [9.17, 15) is 18.0 Å². The summed E-state index contributed by atoms with van der Waals surface area (Å²) in [6.07, 6.45) is -4.82. The van der Waals surface area contributed by atoms with Crippen molar-refractivity contribution in [2.45, 2.75) is 43.8 Å². The van der Waals surface area contributed by atoms with Gasteiger partial charge in [0.1, 0.15) is 5.75 Å². The van der Waals surface area contributed by atoms with Gasteiger partial charge in [-0.2, -0.15) is 13.2 Å². The average molecular weight is 659 g/mol. The van der Waals surface area contributed by atoms with E-state index in [1.54, 1.807) is 48.5 Å². The first-order chi connectivity index (χ1) is 23.2. The monoisotopic (exact) mass is 658 g/mol. The zero-order valence-corrected chi connectivity index (χ0v) is 25.7. The van der Waals surface area contributed by atoms with Crippen LogP contribution in [0.3, 0.4) is 0 Å². The van der Waals surface area contributed by atoms with Crippen molar-refractivity contribution in [1.29, 1.82) is 0 Å². The fourth-order valence-corrected chi connectivity index (χ4v) is 5.35. The van der Waals surface area contributed by atoms with Gasteiger partial charge in [-0.1, -0.05) is 71.8 Å². The fourth-order valence-electron chi connectivity index (χ4n) is 5.35. The topological polar surface area (TPSA) is 141 Å². The van der Waals surface area contributed by atoms with Crippen molar-refractivity contribution in [3.05, 3.63) is 147 Å². The lowest BCUT2D eigenvalue weighted by molar-refractivity contribution is -0.137. The molecule has 4 aromatic carbocycles. The molecular weight excluding hydrogens is 625 g/mol. The summed E-state index contributed by atoms with van der Waals surface area (Å²) >= 11 is 0. The van der Waals surface area contributed by atoms with Crippen molar-refractivity contribution < 1.29 is 32.5 Å². The second-order valence-corrected chi connectivity index (χ2v) is 11.0. The molecule has 0 aliphatic carbocycles. The Balaban J connectivity index is 1.51. The van der Waals surface area contributed by atoms with Crippen LogP contribution in [-0.2, 0) is 35.2 Å². The Kier molecular flexibility index (Phi) is 11.0. The summed E-state index contributed by atoms with van der Waals surface area (Å²) in [7, 11) is 0. The van der Waals surface area contributed by atoms with E-state index < -0.39 is 29.3 Å². The van der Waals surface area contributed by atoms with Crippen LogP contribution in [0.5, 0.6) is 5.75 Å². The number of rotatable bonds is 14. The van der Waals surface area contributed by atoms with Crippen LogP contribution in [0.1, 0.15) is 45.9 Å². The van der Waals surface area contributed by atoms with E-state index in [2.05, 4.69) is 20.9 Å². The molecule has 0 unspecified atom stereocenters. The molecule has 5 rings (SSSR count). The summed E-state index contributed by atoms with van der Waals surface area (Å²) in [6, 6.07) is 28.1. The van der Waals surface area contributed by atoms with Crippen molar-refractivity contribution in [2.75, 3.05) is 13.2 Å². The molecule has 48 heavy (non-hydrogen) atoms. The number of hydrogen-bond acceptors (Lipinski definition) is 7. The number of hydrogen-bond donors (Lipinski definition) is 3. The molecule has 2 atom stereocenters. The Labute approximate surface area is 274 Å². The minimum Gasteiger partial charge on any atom is -0.494 e. The lowest BCUT2D eigenvalue weighted by Gasteiger charge is -2.31. The third-order valence-electron chi connectivity index (χ3n) is 7.76. The highest BCUT2D eigenvalue weighted by molar-refractivity contribution is 6.01. The van der Waals surface area contributed by atoms with Gasteiger partial charge < -0.3 is 14.6 Å². The molecule has 13 heteroatoms. The number of nitrogens with one attached hydrogen (secondary N) is 2. The molecule has 1 aliphatic heterocycles. The number of nitrogens with zero attached hydrogens (tertiary/aromatic N) is 4. The first kappa shape index (κ1) is 34.0. The number of alkyl halides is 3. The van der Waals surface area contributed by atoms with Crippen LogP contribution in [0.2, 0.25) is 0 Å². The molecule has 0 spiro atoms. The standard InChI is InChI=1S/C35H33F3N6O4/c36-35(37,38)28-15-11-25(12-16-28)22-40-43-33(46)34(21-24-7-2-1-3-8-24)31(30-10-5-4-9-27(30)23-41-44-39)48-32(42-34)26-13-17-29(18-14-26)47-20-6-19-45/h1-5,7-18,31,40,45H,6,19-23H2,(H,43,46)/t31-,34-/m0/s1. The predicted octanol–water partition coefficient (Wildman–Crippen LogP) is 6.60. The Hall–Kier alpha value is -5.36. The van der Waals surface area contributed by atoms with Gasteiger partial charge >= 0.3 is 6.18 Å². The first-order valence-corrected chi connectivity index (χ1v) is 15.2. The van der Waals surface area contributed by atoms with E-state index in [1.165, 1.54) is 12.1 Å². The number of carbonyl (C=O) groups excluding carboxylic acids is 1. The van der Waals surface area contributed by atoms with E-state index in [4.69, 9.17) is 25.1 Å². The summed E-state index contributed by atoms with van der Waals surface area (Å²) in [5.41, 5.74) is 15.4. The van der Waals surface area contributed by atoms with Gasteiger partial charge in [0, 0.05) is 36.5 Å². The molecule has 0 saturated heterocycles. The van der Waals surface area contributed by atoms with Gasteiger partial charge in [0.2, 0.25) is 5.90 Å². The number of benzene rings is 4. The molecule has 0 radical (unpaired) electrons. The third-order valence-corrected chi connectivity index (χ3v) is 7.76. The molecule has 248 valence electrons. The van der Waals surface area contributed by atoms with Crippen LogP contribution in [0, 0.1) is 0 Å². The Morgan fingerprint density at radius 2 is 1.69 bits per heavy atom. The van der Waals surface area contributed by atoms with Gasteiger partial charge in [0.05, 0.1) is 18.7 Å². The van der Waals surface area contributed by atoms with Gasteiger partial charge in [-0.25, -0.2) is 10.4 Å². The second-order valence-electron chi connectivity index (χ2n) is 11.0. The van der Waals surface area contributed by atoms with E-state index in [0.29, 0.717) is 41.0 Å². The number of aliphatic imine (C=N–C) groups is 1. The van der Waals surface area contributed by atoms with Gasteiger partial charge in [0.25, 0.3) is 5.91 Å². The predicted molar refractivity (Wildman–Crippen MR) is 173 cm³/mol. The van der Waals surface area contributed by atoms with Crippen molar-refractivity contribution >= 4 is 11.8 Å². The number of carbonyl (C=O) groups is 1. The van der Waals surface area contributed by atoms with E-state index >= 15 is 0 Å². The van der Waals surface area contributed by atoms with Crippen LogP contribution in [0.15, 0.2) is 113 Å². The summed E-state index contributed by atoms with van der Waals surface area (Å²) in [4.78, 5) is 22.3. The number of ether oxygens (including phenoxy) is 2. The molecule has 4 aromatic rings. The maximum absolute atomic E-state index is 14.4. The zero-order valence-electron chi connectivity index (χ0n) is 25.7. The first-order valence-electron chi connectivity index (χ1n) is 15.2. The number of halogens is 3. The lowest BCUT2D eigenvalue weighted by atomic mass is 9.81. The maximum atomic E-state index is 14.4. The summed E-state index contributed by atoms with van der Waals surface area (Å²) in [5.74, 6) is 0.248. The second kappa shape index (κ2) is 15.5. The molecule has 10 nitrogen and oxygen atoms in total. The van der Waals surface area contributed by atoms with Crippen LogP contribution in [0.4, 0.5) is 13.2 Å². The van der Waals surface area contributed by atoms with Gasteiger partial charge in [-0.3, -0.25) is 10.2 Å². The maximum Gasteiger partial charge on any atom is 0.416 e. The minimum atomic E-state index is -4.46. The Morgan fingerprint density at radius 3 is 2.38 bits per heavy atom. The number of azide groups is 1. The Bertz CT molecular complexity index is 1760. The summed E-state index contributed by atoms with van der Waals surface area (Å²) in [5, 5.41) is 12.8. The molecule has 0 aromatic heterocycles. The molecule has 1 aliphatic rings. The van der Waals surface area contributed by atoms with Crippen molar-refractivity contribution in [3.63, 3.8) is 0 Å². The SMILES string of the molecule is [N-]=[N+]=NCc1ccccc1[C@@H]1OC(c2ccc(OCCCO)cc2)=N[C@]1(Cc1ccccc1)C(=O)NNCc1ccc(C(F)(F)F)cc1. The molecule has 0 fully saturated rings. The highest BCUT2D eigenvalue weighted by atomic mass is 19.4. The number of hydrazine groups is 1. The molecule has 0 saturated carbocycles. The zero-order chi connectivity index (χ0) is 34.0. The number of aliphatic hydroxyl groups is 1. The quantitative estimate of drug-likeness (QED) is 0.0461. The highest BCUT2D eigenvalue weighted by Gasteiger charge is 2.54. The molecular formula is C35H33F3N6O4. The molecule has 3 N–H and O–H groups in total. The van der Waals surface area contributed by atoms with E-state index in [0.717, 1.165) is 17.7 Å². The molecule has 0 bridgehead atoms. The minimum absolute atomic E-state index is 0.00995. The van der Waals surface area contributed by atoms with Crippen LogP contribution < -0.4 is 15.6 Å². The van der Waals surface area contributed by atoms with Gasteiger partial charge in [0.15, 0.2) is 11.6 Å². The lowest BCUT2D eigenvalue weighted by Crippen LogP contribution is -2.53. The van der Waals surface area contributed by atoms with Gasteiger partial charge in [-0.05, 0) is 64.2 Å². The number of amides is 1. The van der Waals surface area contributed by atoms with Crippen molar-refractivity contribution in [3.8, 4) is 5.75 Å².